The molecule has 0 bridgehead atoms. The number of hydrogen-bond donors (Lipinski definition) is 2. The predicted molar refractivity (Wildman–Crippen MR) is 128 cm³/mol. The zero-order chi connectivity index (χ0) is 22.5. The highest BCUT2D eigenvalue weighted by atomic mass is 16.4. The molecular weight excluding hydrogens is 390 g/mol. The van der Waals surface area contributed by atoms with E-state index in [2.05, 4.69) is 12.2 Å². The molecule has 172 valence electrons. The molecule has 0 fully saturated rings. The summed E-state index contributed by atoms with van der Waals surface area (Å²) in [5.41, 5.74) is 0.655. The Morgan fingerprint density at radius 1 is 0.903 bits per heavy atom. The van der Waals surface area contributed by atoms with Crippen molar-refractivity contribution in [2.75, 3.05) is 5.32 Å². The molecule has 0 saturated carbocycles. The van der Waals surface area contributed by atoms with Crippen LogP contribution in [0.15, 0.2) is 27.4 Å². The summed E-state index contributed by atoms with van der Waals surface area (Å²) in [5, 5.41) is 13.6. The number of amides is 1. The Hall–Kier alpha value is -2.30. The molecular formula is C26H39NO4. The quantitative estimate of drug-likeness (QED) is 0.178. The Bertz CT molecular complexity index is 872. The van der Waals surface area contributed by atoms with Crippen LogP contribution in [0.3, 0.4) is 0 Å². The van der Waals surface area contributed by atoms with Gasteiger partial charge < -0.3 is 14.8 Å². The highest BCUT2D eigenvalue weighted by Crippen LogP contribution is 2.33. The summed E-state index contributed by atoms with van der Waals surface area (Å²) < 4.78 is 5.25. The minimum atomic E-state index is -0.498. The number of hydrogen-bond acceptors (Lipinski definition) is 4. The molecule has 1 aromatic heterocycles. The van der Waals surface area contributed by atoms with E-state index in [1.165, 1.54) is 76.3 Å². The molecule has 2 N–H and O–H groups in total. The lowest BCUT2D eigenvalue weighted by Gasteiger charge is -2.10. The number of carbonyl (C=O) groups is 1. The molecule has 1 aromatic carbocycles. The van der Waals surface area contributed by atoms with Gasteiger partial charge >= 0.3 is 5.63 Å². The third-order valence-corrected chi connectivity index (χ3v) is 5.87. The fourth-order valence-corrected chi connectivity index (χ4v) is 4.00. The average Bonchev–Trinajstić information content (AvgIpc) is 2.73. The van der Waals surface area contributed by atoms with Crippen molar-refractivity contribution >= 4 is 22.6 Å². The average molecular weight is 430 g/mol. The molecule has 0 atom stereocenters. The summed E-state index contributed by atoms with van der Waals surface area (Å²) in [5.74, 6) is -0.269. The van der Waals surface area contributed by atoms with Gasteiger partial charge in [0, 0.05) is 17.9 Å². The highest BCUT2D eigenvalue weighted by molar-refractivity contribution is 6.02. The minimum Gasteiger partial charge on any atom is -0.506 e. The van der Waals surface area contributed by atoms with Crippen LogP contribution in [0.1, 0.15) is 102 Å². The predicted octanol–water partition coefficient (Wildman–Crippen LogP) is 7.23. The Kier molecular flexibility index (Phi) is 11.2. The number of nitrogens with one attached hydrogen (secondary N) is 1. The molecule has 0 aliphatic rings. The lowest BCUT2D eigenvalue weighted by atomic mass is 10.0. The van der Waals surface area contributed by atoms with Gasteiger partial charge in [-0.15, -0.1) is 0 Å². The van der Waals surface area contributed by atoms with Gasteiger partial charge in [-0.25, -0.2) is 4.79 Å². The molecule has 0 saturated heterocycles. The fraction of sp³-hybridized carbons (Fsp3) is 0.615. The van der Waals surface area contributed by atoms with E-state index < -0.39 is 5.63 Å². The second-order valence-corrected chi connectivity index (χ2v) is 8.63. The number of fused-ring (bicyclic) bond motifs is 1. The topological polar surface area (TPSA) is 79.5 Å². The first-order valence-corrected chi connectivity index (χ1v) is 12.1. The minimum absolute atomic E-state index is 0.0973. The monoisotopic (exact) mass is 429 g/mol. The molecule has 0 radical (unpaired) electrons. The molecule has 2 aromatic rings. The van der Waals surface area contributed by atoms with E-state index >= 15 is 0 Å². The fourth-order valence-electron chi connectivity index (χ4n) is 4.00. The second-order valence-electron chi connectivity index (χ2n) is 8.63. The first-order valence-electron chi connectivity index (χ1n) is 12.1. The van der Waals surface area contributed by atoms with E-state index in [0.29, 0.717) is 11.8 Å². The van der Waals surface area contributed by atoms with Crippen molar-refractivity contribution in [2.24, 2.45) is 0 Å². The van der Waals surface area contributed by atoms with Gasteiger partial charge in [0.1, 0.15) is 11.4 Å². The number of carbonyl (C=O) groups excluding carboxylic acids is 1. The Labute approximate surface area is 186 Å². The van der Waals surface area contributed by atoms with Crippen molar-refractivity contribution in [3.63, 3.8) is 0 Å². The van der Waals surface area contributed by atoms with Crippen molar-refractivity contribution in [2.45, 2.75) is 104 Å². The van der Waals surface area contributed by atoms with Gasteiger partial charge in [0.15, 0.2) is 5.58 Å². The number of phenols is 1. The molecule has 5 nitrogen and oxygen atoms in total. The molecule has 2 rings (SSSR count). The van der Waals surface area contributed by atoms with Crippen molar-refractivity contribution in [1.82, 2.24) is 0 Å². The van der Waals surface area contributed by atoms with E-state index in [-0.39, 0.29) is 22.9 Å². The van der Waals surface area contributed by atoms with Crippen LogP contribution >= 0.6 is 0 Å². The number of anilines is 1. The van der Waals surface area contributed by atoms with E-state index in [1.54, 1.807) is 13.0 Å². The maximum Gasteiger partial charge on any atom is 0.336 e. The highest BCUT2D eigenvalue weighted by Gasteiger charge is 2.14. The van der Waals surface area contributed by atoms with Crippen molar-refractivity contribution in [3.8, 4) is 5.75 Å². The lowest BCUT2D eigenvalue weighted by Crippen LogP contribution is -2.12. The smallest absolute Gasteiger partial charge is 0.336 e. The van der Waals surface area contributed by atoms with Crippen molar-refractivity contribution in [1.29, 1.82) is 0 Å². The van der Waals surface area contributed by atoms with E-state index in [1.807, 2.05) is 0 Å². The summed E-state index contributed by atoms with van der Waals surface area (Å²) in [4.78, 5) is 24.0. The number of rotatable bonds is 15. The van der Waals surface area contributed by atoms with E-state index in [4.69, 9.17) is 4.42 Å². The summed E-state index contributed by atoms with van der Waals surface area (Å²) in [7, 11) is 0. The number of aromatic hydroxyl groups is 1. The van der Waals surface area contributed by atoms with Gasteiger partial charge in [0.05, 0.1) is 0 Å². The molecule has 5 heteroatoms. The molecule has 1 heterocycles. The number of unbranched alkanes of at least 4 members (excludes halogenated alkanes) is 12. The molecule has 1 amide bonds. The second kappa shape index (κ2) is 13.9. The van der Waals surface area contributed by atoms with Crippen LogP contribution in [0.5, 0.6) is 5.75 Å². The maximum absolute atomic E-state index is 12.3. The van der Waals surface area contributed by atoms with Gasteiger partial charge in [-0.3, -0.25) is 4.79 Å². The summed E-state index contributed by atoms with van der Waals surface area (Å²) in [6.45, 7) is 4.05. The van der Waals surface area contributed by atoms with Crippen molar-refractivity contribution in [3.05, 3.63) is 34.2 Å². The molecule has 0 aliphatic heterocycles. The van der Waals surface area contributed by atoms with Crippen LogP contribution in [0.25, 0.3) is 11.0 Å². The number of benzene rings is 1. The van der Waals surface area contributed by atoms with Gasteiger partial charge in [0.25, 0.3) is 0 Å². The van der Waals surface area contributed by atoms with Crippen LogP contribution in [-0.2, 0) is 4.79 Å². The van der Waals surface area contributed by atoms with Gasteiger partial charge in [0.2, 0.25) is 5.91 Å². The molecule has 0 unspecified atom stereocenters. The van der Waals surface area contributed by atoms with E-state index in [0.717, 1.165) is 24.8 Å². The third-order valence-electron chi connectivity index (χ3n) is 5.87. The largest absolute Gasteiger partial charge is 0.506 e. The zero-order valence-corrected chi connectivity index (χ0v) is 19.3. The first kappa shape index (κ1) is 25.0. The van der Waals surface area contributed by atoms with Gasteiger partial charge in [-0.05, 0) is 31.0 Å². The Morgan fingerprint density at radius 3 is 2.03 bits per heavy atom. The van der Waals surface area contributed by atoms with Crippen molar-refractivity contribution < 1.29 is 14.3 Å². The first-order chi connectivity index (χ1) is 15.0. The number of phenolic OH excluding ortho intramolecular Hbond substituents is 1. The summed E-state index contributed by atoms with van der Waals surface area (Å²) in [6, 6.07) is 4.60. The van der Waals surface area contributed by atoms with Gasteiger partial charge in [-0.1, -0.05) is 84.0 Å². The van der Waals surface area contributed by atoms with Crippen LogP contribution in [0, 0.1) is 6.92 Å². The molecule has 0 spiro atoms. The Balaban J connectivity index is 1.62. The SMILES string of the molecule is CCCCCCCCCCCCCCCC(=O)Nc1c(O)ccc2c(C)cc(=O)oc12. The summed E-state index contributed by atoms with van der Waals surface area (Å²) >= 11 is 0. The van der Waals surface area contributed by atoms with Crippen LogP contribution in [0.2, 0.25) is 0 Å². The van der Waals surface area contributed by atoms with Gasteiger partial charge in [-0.2, -0.15) is 0 Å². The van der Waals surface area contributed by atoms with Crippen LogP contribution in [0.4, 0.5) is 5.69 Å². The Morgan fingerprint density at radius 2 is 1.45 bits per heavy atom. The standard InChI is InChI=1S/C26H39NO4/c1-3-4-5-6-7-8-9-10-11-12-13-14-15-16-23(29)27-25-22(28)18-17-21-20(2)19-24(30)31-26(21)25/h17-19,28H,3-16H2,1-2H3,(H,27,29). The third kappa shape index (κ3) is 8.76. The number of aryl methyl sites for hydroxylation is 1. The van der Waals surface area contributed by atoms with E-state index in [9.17, 15) is 14.7 Å². The molecule has 0 aliphatic carbocycles. The normalized spacial score (nSPS) is 11.2. The lowest BCUT2D eigenvalue weighted by molar-refractivity contribution is -0.116. The zero-order valence-electron chi connectivity index (χ0n) is 19.3. The summed E-state index contributed by atoms with van der Waals surface area (Å²) in [6.07, 6.45) is 16.8. The molecule has 31 heavy (non-hydrogen) atoms. The van der Waals surface area contributed by atoms with Crippen LogP contribution < -0.4 is 10.9 Å². The maximum atomic E-state index is 12.3. The van der Waals surface area contributed by atoms with Crippen LogP contribution in [-0.4, -0.2) is 11.0 Å².